The molecule has 2 fully saturated rings. The lowest BCUT2D eigenvalue weighted by atomic mass is 9.91. The first-order chi connectivity index (χ1) is 6.68. The summed E-state index contributed by atoms with van der Waals surface area (Å²) in [5, 5.41) is 0. The van der Waals surface area contributed by atoms with Gasteiger partial charge in [0.2, 0.25) is 0 Å². The quantitative estimate of drug-likeness (QED) is 0.639. The Morgan fingerprint density at radius 2 is 2.07 bits per heavy atom. The predicted octanol–water partition coefficient (Wildman–Crippen LogP) is 2.23. The molecule has 0 aromatic rings. The Labute approximate surface area is 86.7 Å². The first kappa shape index (κ1) is 10.2. The first-order valence-electron chi connectivity index (χ1n) is 5.97. The second-order valence-corrected chi connectivity index (χ2v) is 5.09. The van der Waals surface area contributed by atoms with Crippen LogP contribution in [0.3, 0.4) is 0 Å². The third-order valence-electron chi connectivity index (χ3n) is 3.86. The van der Waals surface area contributed by atoms with E-state index < -0.39 is 0 Å². The summed E-state index contributed by atoms with van der Waals surface area (Å²) < 4.78 is 0. The zero-order chi connectivity index (χ0) is 10.1. The summed E-state index contributed by atoms with van der Waals surface area (Å²) in [4.78, 5) is 14.1. The van der Waals surface area contributed by atoms with E-state index in [1.165, 1.54) is 12.8 Å². The Morgan fingerprint density at radius 3 is 2.64 bits per heavy atom. The van der Waals surface area contributed by atoms with Crippen LogP contribution in [0.4, 0.5) is 0 Å². The number of Topliss-reactive ketones (excluding diaryl/α,β-unsaturated/α-hetero) is 1. The molecule has 2 aliphatic rings. The smallest absolute Gasteiger partial charge is 0.149 e. The van der Waals surface area contributed by atoms with Crippen LogP contribution < -0.4 is 0 Å². The molecule has 1 heterocycles. The highest BCUT2D eigenvalue weighted by Crippen LogP contribution is 2.29. The van der Waals surface area contributed by atoms with Crippen LogP contribution in [-0.2, 0) is 4.79 Å². The number of likely N-dealkylation sites (tertiary alicyclic amines) is 1. The van der Waals surface area contributed by atoms with E-state index in [0.717, 1.165) is 31.7 Å². The predicted molar refractivity (Wildman–Crippen MR) is 57.2 cm³/mol. The number of hydrogen-bond donors (Lipinski definition) is 0. The monoisotopic (exact) mass is 195 g/mol. The average molecular weight is 195 g/mol. The second kappa shape index (κ2) is 4.01. The number of ketones is 1. The topological polar surface area (TPSA) is 20.3 Å². The lowest BCUT2D eigenvalue weighted by Gasteiger charge is -2.39. The van der Waals surface area contributed by atoms with Crippen molar-refractivity contribution >= 4 is 5.78 Å². The molecule has 2 nitrogen and oxygen atoms in total. The Balaban J connectivity index is 2.00. The maximum atomic E-state index is 11.7. The van der Waals surface area contributed by atoms with E-state index >= 15 is 0 Å². The van der Waals surface area contributed by atoms with E-state index in [2.05, 4.69) is 18.7 Å². The molecule has 2 heteroatoms. The molecule has 0 N–H and O–H groups in total. The largest absolute Gasteiger partial charge is 0.298 e. The van der Waals surface area contributed by atoms with Crippen LogP contribution in [0.5, 0.6) is 0 Å². The molecule has 0 amide bonds. The van der Waals surface area contributed by atoms with Gasteiger partial charge in [-0.2, -0.15) is 0 Å². The number of carbonyl (C=O) groups is 1. The fourth-order valence-electron chi connectivity index (χ4n) is 3.04. The molecule has 3 unspecified atom stereocenters. The Hall–Kier alpha value is -0.370. The van der Waals surface area contributed by atoms with Gasteiger partial charge in [-0.3, -0.25) is 9.69 Å². The van der Waals surface area contributed by atoms with Gasteiger partial charge in [0.05, 0.1) is 6.04 Å². The van der Waals surface area contributed by atoms with Gasteiger partial charge >= 0.3 is 0 Å². The van der Waals surface area contributed by atoms with Crippen LogP contribution in [0, 0.1) is 5.92 Å². The summed E-state index contributed by atoms with van der Waals surface area (Å²) in [5.74, 6) is 1.34. The maximum Gasteiger partial charge on any atom is 0.149 e. The molecule has 1 aliphatic heterocycles. The molecule has 0 bridgehead atoms. The zero-order valence-electron chi connectivity index (χ0n) is 9.33. The molecule has 2 rings (SSSR count). The minimum atomic E-state index is 0.275. The molecule has 0 radical (unpaired) electrons. The van der Waals surface area contributed by atoms with Crippen molar-refractivity contribution in [1.29, 1.82) is 0 Å². The molecule has 14 heavy (non-hydrogen) atoms. The van der Waals surface area contributed by atoms with Crippen LogP contribution in [0.1, 0.15) is 46.0 Å². The molecule has 3 atom stereocenters. The van der Waals surface area contributed by atoms with E-state index in [-0.39, 0.29) is 6.04 Å². The summed E-state index contributed by atoms with van der Waals surface area (Å²) in [5.41, 5.74) is 0. The van der Waals surface area contributed by atoms with Gasteiger partial charge in [0.25, 0.3) is 0 Å². The van der Waals surface area contributed by atoms with Crippen LogP contribution >= 0.6 is 0 Å². The van der Waals surface area contributed by atoms with Gasteiger partial charge in [-0.15, -0.1) is 0 Å². The van der Waals surface area contributed by atoms with E-state index in [1.807, 2.05) is 0 Å². The van der Waals surface area contributed by atoms with E-state index in [1.54, 1.807) is 0 Å². The van der Waals surface area contributed by atoms with Gasteiger partial charge in [-0.25, -0.2) is 0 Å². The Bertz CT molecular complexity index is 226. The third-order valence-corrected chi connectivity index (χ3v) is 3.86. The summed E-state index contributed by atoms with van der Waals surface area (Å²) in [6, 6.07) is 0.892. The van der Waals surface area contributed by atoms with Crippen molar-refractivity contribution in [3.05, 3.63) is 0 Å². The van der Waals surface area contributed by atoms with Gasteiger partial charge < -0.3 is 0 Å². The van der Waals surface area contributed by atoms with Gasteiger partial charge in [0.1, 0.15) is 5.78 Å². The van der Waals surface area contributed by atoms with Gasteiger partial charge in [-0.1, -0.05) is 6.92 Å². The van der Waals surface area contributed by atoms with Crippen molar-refractivity contribution in [2.75, 3.05) is 6.54 Å². The lowest BCUT2D eigenvalue weighted by molar-refractivity contribution is -0.123. The standard InChI is InChI=1S/C12H21NO/c1-9-6-7-13(10(2)8-9)11-4-3-5-12(11)14/h9-11H,3-8H2,1-2H3. The fraction of sp³-hybridized carbons (Fsp3) is 0.917. The van der Waals surface area contributed by atoms with Crippen molar-refractivity contribution in [3.8, 4) is 0 Å². The van der Waals surface area contributed by atoms with Crippen molar-refractivity contribution < 1.29 is 4.79 Å². The molecule has 0 aromatic heterocycles. The fourth-order valence-corrected chi connectivity index (χ4v) is 3.04. The highest BCUT2D eigenvalue weighted by Gasteiger charge is 2.35. The number of piperidine rings is 1. The summed E-state index contributed by atoms with van der Waals surface area (Å²) in [6.07, 6.45) is 5.58. The number of carbonyl (C=O) groups excluding carboxylic acids is 1. The number of rotatable bonds is 1. The molecule has 0 aromatic carbocycles. The van der Waals surface area contributed by atoms with Crippen LogP contribution in [-0.4, -0.2) is 29.3 Å². The van der Waals surface area contributed by atoms with Crippen molar-refractivity contribution in [1.82, 2.24) is 4.90 Å². The Morgan fingerprint density at radius 1 is 1.29 bits per heavy atom. The number of nitrogens with zero attached hydrogens (tertiary/aromatic N) is 1. The maximum absolute atomic E-state index is 11.7. The Kier molecular flexibility index (Phi) is 2.91. The van der Waals surface area contributed by atoms with Gasteiger partial charge in [0, 0.05) is 12.5 Å². The minimum absolute atomic E-state index is 0.275. The van der Waals surface area contributed by atoms with Crippen LogP contribution in [0.2, 0.25) is 0 Å². The summed E-state index contributed by atoms with van der Waals surface area (Å²) in [7, 11) is 0. The average Bonchev–Trinajstić information content (AvgIpc) is 2.52. The third kappa shape index (κ3) is 1.85. The van der Waals surface area contributed by atoms with Crippen LogP contribution in [0.15, 0.2) is 0 Å². The van der Waals surface area contributed by atoms with E-state index in [4.69, 9.17) is 0 Å². The van der Waals surface area contributed by atoms with Gasteiger partial charge in [-0.05, 0) is 45.1 Å². The molecular formula is C12H21NO. The van der Waals surface area contributed by atoms with Crippen molar-refractivity contribution in [2.24, 2.45) is 5.92 Å². The molecule has 0 spiro atoms. The molecule has 1 aliphatic carbocycles. The zero-order valence-corrected chi connectivity index (χ0v) is 9.33. The minimum Gasteiger partial charge on any atom is -0.298 e. The van der Waals surface area contributed by atoms with Crippen LogP contribution in [0.25, 0.3) is 0 Å². The summed E-state index contributed by atoms with van der Waals surface area (Å²) in [6.45, 7) is 5.74. The highest BCUT2D eigenvalue weighted by atomic mass is 16.1. The molecular weight excluding hydrogens is 174 g/mol. The van der Waals surface area contributed by atoms with Gasteiger partial charge in [0.15, 0.2) is 0 Å². The molecule has 1 saturated heterocycles. The first-order valence-corrected chi connectivity index (χ1v) is 5.97. The second-order valence-electron chi connectivity index (χ2n) is 5.09. The van der Waals surface area contributed by atoms with Crippen molar-refractivity contribution in [2.45, 2.75) is 58.0 Å². The number of hydrogen-bond acceptors (Lipinski definition) is 2. The van der Waals surface area contributed by atoms with Crippen molar-refractivity contribution in [3.63, 3.8) is 0 Å². The molecule has 1 saturated carbocycles. The highest BCUT2D eigenvalue weighted by molar-refractivity contribution is 5.85. The SMILES string of the molecule is CC1CCN(C2CCCC2=O)C(C)C1. The lowest BCUT2D eigenvalue weighted by Crippen LogP contribution is -2.48. The van der Waals surface area contributed by atoms with E-state index in [9.17, 15) is 4.79 Å². The van der Waals surface area contributed by atoms with E-state index in [0.29, 0.717) is 11.8 Å². The molecule has 80 valence electrons. The normalized spacial score (nSPS) is 40.4. The summed E-state index contributed by atoms with van der Waals surface area (Å²) >= 11 is 0.